The number of halogens is 1. The first-order valence-electron chi connectivity index (χ1n) is 5.19. The molecular formula is C13H15ClO. The van der Waals surface area contributed by atoms with Crippen molar-refractivity contribution in [2.75, 3.05) is 0 Å². The van der Waals surface area contributed by atoms with Gasteiger partial charge in [0, 0.05) is 6.08 Å². The van der Waals surface area contributed by atoms with Crippen LogP contribution in [0.2, 0.25) is 0 Å². The third kappa shape index (κ3) is 4.30. The van der Waals surface area contributed by atoms with Crippen LogP contribution in [0.5, 0.6) is 0 Å². The van der Waals surface area contributed by atoms with Crippen LogP contribution in [0, 0.1) is 0 Å². The summed E-state index contributed by atoms with van der Waals surface area (Å²) in [6, 6.07) is 9.90. The number of hydrogen-bond donors (Lipinski definition) is 0. The lowest BCUT2D eigenvalue weighted by Crippen LogP contribution is -1.88. The molecule has 0 aromatic heterocycles. The molecule has 0 bridgehead atoms. The molecule has 15 heavy (non-hydrogen) atoms. The van der Waals surface area contributed by atoms with Crippen LogP contribution in [0.25, 0.3) is 5.57 Å². The number of carbonyl (C=O) groups is 1. The Hall–Kier alpha value is -1.08. The van der Waals surface area contributed by atoms with Crippen LogP contribution < -0.4 is 0 Å². The van der Waals surface area contributed by atoms with E-state index in [2.05, 4.69) is 6.92 Å². The molecule has 0 N–H and O–H groups in total. The van der Waals surface area contributed by atoms with Crippen molar-refractivity contribution in [1.82, 2.24) is 0 Å². The van der Waals surface area contributed by atoms with E-state index in [-0.39, 0.29) is 0 Å². The van der Waals surface area contributed by atoms with Gasteiger partial charge in [-0.05, 0) is 35.6 Å². The lowest BCUT2D eigenvalue weighted by Gasteiger charge is -2.05. The van der Waals surface area contributed by atoms with Crippen LogP contribution in [0.1, 0.15) is 31.7 Å². The van der Waals surface area contributed by atoms with Crippen molar-refractivity contribution in [3.8, 4) is 0 Å². The van der Waals surface area contributed by atoms with Crippen LogP contribution in [-0.2, 0) is 4.79 Å². The average Bonchev–Trinajstić information content (AvgIpc) is 2.25. The summed E-state index contributed by atoms with van der Waals surface area (Å²) in [5.74, 6) is 0. The van der Waals surface area contributed by atoms with E-state index in [0.717, 1.165) is 30.4 Å². The molecular weight excluding hydrogens is 208 g/mol. The maximum absolute atomic E-state index is 10.9. The monoisotopic (exact) mass is 222 g/mol. The van der Waals surface area contributed by atoms with E-state index in [4.69, 9.17) is 11.6 Å². The highest BCUT2D eigenvalue weighted by Gasteiger charge is 2.02. The fourth-order valence-electron chi connectivity index (χ4n) is 1.46. The highest BCUT2D eigenvalue weighted by molar-refractivity contribution is 6.67. The number of allylic oxidation sites excluding steroid dienone is 2. The average molecular weight is 223 g/mol. The van der Waals surface area contributed by atoms with Gasteiger partial charge in [-0.1, -0.05) is 43.7 Å². The predicted octanol–water partition coefficient (Wildman–Crippen LogP) is 4.03. The highest BCUT2D eigenvalue weighted by atomic mass is 35.5. The number of rotatable bonds is 5. The summed E-state index contributed by atoms with van der Waals surface area (Å²) < 4.78 is 0. The second-order valence-electron chi connectivity index (χ2n) is 3.44. The first-order chi connectivity index (χ1) is 7.24. The topological polar surface area (TPSA) is 17.1 Å². The van der Waals surface area contributed by atoms with Crippen molar-refractivity contribution in [2.45, 2.75) is 26.2 Å². The minimum absolute atomic E-state index is 0.398. The highest BCUT2D eigenvalue weighted by Crippen LogP contribution is 2.20. The van der Waals surface area contributed by atoms with Crippen molar-refractivity contribution < 1.29 is 4.79 Å². The van der Waals surface area contributed by atoms with Gasteiger partial charge in [0.15, 0.2) is 0 Å². The van der Waals surface area contributed by atoms with Gasteiger partial charge in [0.05, 0.1) is 0 Å². The molecule has 2 heteroatoms. The van der Waals surface area contributed by atoms with Gasteiger partial charge in [-0.3, -0.25) is 4.79 Å². The molecule has 1 aromatic carbocycles. The minimum Gasteiger partial charge on any atom is -0.276 e. The zero-order valence-corrected chi connectivity index (χ0v) is 9.63. The van der Waals surface area contributed by atoms with E-state index < -0.39 is 5.24 Å². The third-order valence-corrected chi connectivity index (χ3v) is 2.34. The van der Waals surface area contributed by atoms with Gasteiger partial charge in [0.25, 0.3) is 0 Å². The number of carbonyl (C=O) groups excluding carboxylic acids is 1. The maximum Gasteiger partial charge on any atom is 0.245 e. The Bertz CT molecular complexity index is 341. The first-order valence-corrected chi connectivity index (χ1v) is 5.57. The molecule has 0 aliphatic heterocycles. The van der Waals surface area contributed by atoms with Crippen molar-refractivity contribution in [2.24, 2.45) is 0 Å². The molecule has 1 rings (SSSR count). The molecule has 0 amide bonds. The molecule has 1 nitrogen and oxygen atoms in total. The quantitative estimate of drug-likeness (QED) is 0.543. The van der Waals surface area contributed by atoms with Crippen molar-refractivity contribution >= 4 is 22.4 Å². The van der Waals surface area contributed by atoms with Gasteiger partial charge in [-0.15, -0.1) is 0 Å². The molecule has 0 atom stereocenters. The van der Waals surface area contributed by atoms with E-state index in [9.17, 15) is 4.79 Å². The fourth-order valence-corrected chi connectivity index (χ4v) is 1.59. The molecule has 80 valence electrons. The normalized spacial score (nSPS) is 11.5. The summed E-state index contributed by atoms with van der Waals surface area (Å²) in [6.45, 7) is 2.13. The molecule has 0 heterocycles. The Labute approximate surface area is 95.8 Å². The van der Waals surface area contributed by atoms with Crippen LogP contribution in [0.4, 0.5) is 0 Å². The summed E-state index contributed by atoms with van der Waals surface area (Å²) in [5.41, 5.74) is 2.11. The Balaban J connectivity index is 2.86. The summed E-state index contributed by atoms with van der Waals surface area (Å²) in [7, 11) is 0. The van der Waals surface area contributed by atoms with Crippen LogP contribution >= 0.6 is 11.6 Å². The Kier molecular flexibility index (Phi) is 5.13. The Morgan fingerprint density at radius 2 is 2.00 bits per heavy atom. The van der Waals surface area contributed by atoms with E-state index >= 15 is 0 Å². The van der Waals surface area contributed by atoms with Gasteiger partial charge >= 0.3 is 0 Å². The molecule has 1 aromatic rings. The lowest BCUT2D eigenvalue weighted by atomic mass is 10.0. The second-order valence-corrected chi connectivity index (χ2v) is 3.82. The minimum atomic E-state index is -0.398. The first kappa shape index (κ1) is 12.0. The van der Waals surface area contributed by atoms with E-state index in [0.29, 0.717) is 0 Å². The van der Waals surface area contributed by atoms with Gasteiger partial charge in [-0.25, -0.2) is 0 Å². The molecule has 0 fully saturated rings. The molecule has 0 saturated carbocycles. The fraction of sp³-hybridized carbons (Fsp3) is 0.308. The predicted molar refractivity (Wildman–Crippen MR) is 64.8 cm³/mol. The Morgan fingerprint density at radius 3 is 2.53 bits per heavy atom. The third-order valence-electron chi connectivity index (χ3n) is 2.23. The Morgan fingerprint density at radius 1 is 1.33 bits per heavy atom. The number of benzene rings is 1. The summed E-state index contributed by atoms with van der Waals surface area (Å²) in [4.78, 5) is 10.9. The summed E-state index contributed by atoms with van der Waals surface area (Å²) >= 11 is 5.39. The summed E-state index contributed by atoms with van der Waals surface area (Å²) in [6.07, 6.45) is 4.61. The summed E-state index contributed by atoms with van der Waals surface area (Å²) in [5, 5.41) is -0.398. The zero-order chi connectivity index (χ0) is 11.1. The van der Waals surface area contributed by atoms with Gasteiger partial charge < -0.3 is 0 Å². The largest absolute Gasteiger partial charge is 0.276 e. The van der Waals surface area contributed by atoms with Crippen LogP contribution in [0.15, 0.2) is 36.4 Å². The molecule has 0 unspecified atom stereocenters. The van der Waals surface area contributed by atoms with E-state index in [1.165, 1.54) is 6.08 Å². The van der Waals surface area contributed by atoms with Crippen molar-refractivity contribution in [1.29, 1.82) is 0 Å². The SMILES string of the molecule is CCCC/C(=C\C(=O)Cl)c1ccccc1. The van der Waals surface area contributed by atoms with Crippen LogP contribution in [-0.4, -0.2) is 5.24 Å². The van der Waals surface area contributed by atoms with Crippen LogP contribution in [0.3, 0.4) is 0 Å². The zero-order valence-electron chi connectivity index (χ0n) is 8.87. The van der Waals surface area contributed by atoms with Gasteiger partial charge in [0.1, 0.15) is 0 Å². The van der Waals surface area contributed by atoms with Gasteiger partial charge in [-0.2, -0.15) is 0 Å². The number of hydrogen-bond acceptors (Lipinski definition) is 1. The molecule has 0 saturated heterocycles. The van der Waals surface area contributed by atoms with E-state index in [1.807, 2.05) is 30.3 Å². The smallest absolute Gasteiger partial charge is 0.245 e. The molecule has 0 spiro atoms. The lowest BCUT2D eigenvalue weighted by molar-refractivity contribution is -0.107. The second kappa shape index (κ2) is 6.41. The molecule has 0 radical (unpaired) electrons. The van der Waals surface area contributed by atoms with Crippen molar-refractivity contribution in [3.05, 3.63) is 42.0 Å². The number of unbranched alkanes of at least 4 members (excludes halogenated alkanes) is 1. The molecule has 0 aliphatic rings. The van der Waals surface area contributed by atoms with Gasteiger partial charge in [0.2, 0.25) is 5.24 Å². The molecule has 0 aliphatic carbocycles. The maximum atomic E-state index is 10.9. The standard InChI is InChI=1S/C13H15ClO/c1-2-3-7-12(10-13(14)15)11-8-5-4-6-9-11/h4-6,8-10H,2-3,7H2,1H3/b12-10+. The van der Waals surface area contributed by atoms with E-state index in [1.54, 1.807) is 0 Å². The van der Waals surface area contributed by atoms with Crippen molar-refractivity contribution in [3.63, 3.8) is 0 Å².